The fourth-order valence-corrected chi connectivity index (χ4v) is 4.71. The molecule has 3 N–H and O–H groups in total. The van der Waals surface area contributed by atoms with Crippen LogP contribution in [0.2, 0.25) is 0 Å². The second kappa shape index (κ2) is 8.73. The highest BCUT2D eigenvalue weighted by Gasteiger charge is 2.27. The molecule has 0 unspecified atom stereocenters. The molecule has 7 nitrogen and oxygen atoms in total. The van der Waals surface area contributed by atoms with Gasteiger partial charge < -0.3 is 20.1 Å². The van der Waals surface area contributed by atoms with Crippen LogP contribution in [-0.2, 0) is 13.1 Å². The Labute approximate surface area is 187 Å². The summed E-state index contributed by atoms with van der Waals surface area (Å²) < 4.78 is 5.82. The number of nitrogens with zero attached hydrogens (tertiary/aromatic N) is 2. The van der Waals surface area contributed by atoms with Gasteiger partial charge in [-0.05, 0) is 48.6 Å². The van der Waals surface area contributed by atoms with E-state index in [0.717, 1.165) is 59.3 Å². The fraction of sp³-hybridized carbons (Fsp3) is 0.440. The maximum Gasteiger partial charge on any atom is 0.258 e. The molecule has 0 radical (unpaired) electrons. The van der Waals surface area contributed by atoms with Gasteiger partial charge in [0.25, 0.3) is 5.91 Å². The zero-order valence-corrected chi connectivity index (χ0v) is 18.5. The Hall–Kier alpha value is -3.22. The van der Waals surface area contributed by atoms with E-state index in [0.29, 0.717) is 31.3 Å². The van der Waals surface area contributed by atoms with Crippen LogP contribution in [0.1, 0.15) is 66.9 Å². The quantitative estimate of drug-likeness (QED) is 0.457. The number of ether oxygens (including phenoxy) is 1. The van der Waals surface area contributed by atoms with Crippen molar-refractivity contribution in [3.63, 3.8) is 0 Å². The van der Waals surface area contributed by atoms with Crippen molar-refractivity contribution in [3.8, 4) is 11.5 Å². The van der Waals surface area contributed by atoms with Crippen molar-refractivity contribution in [2.24, 2.45) is 0 Å². The number of unbranched alkanes of at least 4 members (excludes halogenated alkanes) is 1. The molecule has 1 fully saturated rings. The van der Waals surface area contributed by atoms with Crippen LogP contribution in [-0.4, -0.2) is 38.8 Å². The number of fused-ring (bicyclic) bond motifs is 2. The van der Waals surface area contributed by atoms with E-state index in [1.54, 1.807) is 17.0 Å². The van der Waals surface area contributed by atoms with E-state index in [-0.39, 0.29) is 11.7 Å². The molecule has 2 aromatic carbocycles. The molecule has 7 heteroatoms. The number of carbonyl (C=O) groups excluding carboxylic acids is 1. The first-order valence-corrected chi connectivity index (χ1v) is 11.6. The highest BCUT2D eigenvalue weighted by molar-refractivity contribution is 6.03. The van der Waals surface area contributed by atoms with E-state index in [1.165, 1.54) is 12.8 Å². The smallest absolute Gasteiger partial charge is 0.258 e. The number of aromatic amines is 1. The summed E-state index contributed by atoms with van der Waals surface area (Å²) >= 11 is 0. The Morgan fingerprint density at radius 3 is 2.84 bits per heavy atom. The number of rotatable bonds is 7. The third-order valence-electron chi connectivity index (χ3n) is 6.56. The Bertz CT molecular complexity index is 1130. The lowest BCUT2D eigenvalue weighted by molar-refractivity contribution is 0.0748. The molecule has 1 aromatic heterocycles. The highest BCUT2D eigenvalue weighted by atomic mass is 16.5. The number of hydrogen-bond donors (Lipinski definition) is 3. The number of nitrogens with one attached hydrogen (secondary N) is 2. The van der Waals surface area contributed by atoms with E-state index in [1.807, 2.05) is 18.2 Å². The van der Waals surface area contributed by atoms with Gasteiger partial charge in [-0.2, -0.15) is 5.10 Å². The Balaban J connectivity index is 1.35. The van der Waals surface area contributed by atoms with Crippen LogP contribution in [0.3, 0.4) is 0 Å². The van der Waals surface area contributed by atoms with Gasteiger partial charge >= 0.3 is 0 Å². The molecule has 2 aliphatic rings. The van der Waals surface area contributed by atoms with E-state index in [9.17, 15) is 9.90 Å². The van der Waals surface area contributed by atoms with Gasteiger partial charge in [0, 0.05) is 30.6 Å². The molecular formula is C25H30N4O3. The van der Waals surface area contributed by atoms with Crippen LogP contribution in [0.4, 0.5) is 5.82 Å². The van der Waals surface area contributed by atoms with Crippen LogP contribution in [0, 0.1) is 0 Å². The molecule has 1 amide bonds. The summed E-state index contributed by atoms with van der Waals surface area (Å²) in [4.78, 5) is 15.1. The van der Waals surface area contributed by atoms with E-state index in [2.05, 4.69) is 22.4 Å². The average Bonchev–Trinajstić information content (AvgIpc) is 3.53. The summed E-state index contributed by atoms with van der Waals surface area (Å²) in [7, 11) is 0. The third-order valence-corrected chi connectivity index (χ3v) is 6.56. The number of hydrogen-bond acceptors (Lipinski definition) is 5. The van der Waals surface area contributed by atoms with Gasteiger partial charge in [0.15, 0.2) is 5.82 Å². The molecule has 0 spiro atoms. The molecule has 1 saturated carbocycles. The molecule has 1 aliphatic heterocycles. The van der Waals surface area contributed by atoms with Crippen LogP contribution >= 0.6 is 0 Å². The van der Waals surface area contributed by atoms with Gasteiger partial charge in [-0.1, -0.05) is 32.3 Å². The normalized spacial score (nSPS) is 16.0. The van der Waals surface area contributed by atoms with Gasteiger partial charge in [-0.15, -0.1) is 0 Å². The van der Waals surface area contributed by atoms with Crippen molar-refractivity contribution in [1.82, 2.24) is 15.1 Å². The van der Waals surface area contributed by atoms with Gasteiger partial charge in [0.2, 0.25) is 0 Å². The van der Waals surface area contributed by atoms with Crippen molar-refractivity contribution in [1.29, 1.82) is 0 Å². The summed E-state index contributed by atoms with van der Waals surface area (Å²) in [5.41, 5.74) is 3.24. The lowest BCUT2D eigenvalue weighted by Crippen LogP contribution is -2.25. The molecule has 3 aromatic rings. The first kappa shape index (κ1) is 20.7. The van der Waals surface area contributed by atoms with Crippen molar-refractivity contribution >= 4 is 22.6 Å². The average molecular weight is 435 g/mol. The summed E-state index contributed by atoms with van der Waals surface area (Å²) in [5.74, 6) is 1.39. The maximum absolute atomic E-state index is 13.3. The monoisotopic (exact) mass is 434 g/mol. The number of aromatic hydroxyl groups is 1. The number of carbonyl (C=O) groups is 1. The summed E-state index contributed by atoms with van der Waals surface area (Å²) in [6.45, 7) is 3.88. The van der Waals surface area contributed by atoms with Crippen molar-refractivity contribution < 1.29 is 14.6 Å². The molecule has 5 rings (SSSR count). The second-order valence-electron chi connectivity index (χ2n) is 8.91. The van der Waals surface area contributed by atoms with Crippen LogP contribution in [0.5, 0.6) is 11.5 Å². The number of phenols is 1. The first-order chi connectivity index (χ1) is 15.6. The first-order valence-electron chi connectivity index (χ1n) is 11.6. The summed E-state index contributed by atoms with van der Waals surface area (Å²) in [6, 6.07) is 9.80. The summed E-state index contributed by atoms with van der Waals surface area (Å²) in [5, 5.41) is 22.3. The van der Waals surface area contributed by atoms with Gasteiger partial charge in [-0.25, -0.2) is 0 Å². The largest absolute Gasteiger partial charge is 0.507 e. The van der Waals surface area contributed by atoms with Crippen molar-refractivity contribution in [2.75, 3.05) is 11.9 Å². The number of benzene rings is 2. The zero-order valence-electron chi connectivity index (χ0n) is 18.5. The van der Waals surface area contributed by atoms with E-state index in [4.69, 9.17) is 4.74 Å². The number of phenolic OH excluding ortho intramolecular Hbond substituents is 1. The minimum Gasteiger partial charge on any atom is -0.507 e. The molecule has 2 heterocycles. The lowest BCUT2D eigenvalue weighted by Gasteiger charge is -2.17. The van der Waals surface area contributed by atoms with Gasteiger partial charge in [0.1, 0.15) is 11.5 Å². The summed E-state index contributed by atoms with van der Waals surface area (Å²) in [6.07, 6.45) is 6.84. The highest BCUT2D eigenvalue weighted by Crippen LogP contribution is 2.33. The molecule has 0 atom stereocenters. The minimum atomic E-state index is -0.179. The molecule has 32 heavy (non-hydrogen) atoms. The van der Waals surface area contributed by atoms with Crippen LogP contribution in [0.15, 0.2) is 30.3 Å². The second-order valence-corrected chi connectivity index (χ2v) is 8.91. The topological polar surface area (TPSA) is 90.5 Å². The molecule has 0 bridgehead atoms. The zero-order chi connectivity index (χ0) is 22.1. The van der Waals surface area contributed by atoms with E-state index < -0.39 is 0 Å². The van der Waals surface area contributed by atoms with Crippen molar-refractivity contribution in [3.05, 3.63) is 47.0 Å². The Kier molecular flexibility index (Phi) is 5.64. The van der Waals surface area contributed by atoms with Crippen LogP contribution < -0.4 is 10.1 Å². The predicted octanol–water partition coefficient (Wildman–Crippen LogP) is 4.96. The molecular weight excluding hydrogens is 404 g/mol. The fourth-order valence-electron chi connectivity index (χ4n) is 4.71. The molecule has 168 valence electrons. The SMILES string of the molecule is CCCCOc1ccc2c(c1)CN(C(=O)c1cc3c(NC4CCCC4)n[nH]c3cc1O)C2. The Morgan fingerprint density at radius 1 is 1.22 bits per heavy atom. The van der Waals surface area contributed by atoms with Gasteiger partial charge in [-0.3, -0.25) is 9.89 Å². The van der Waals surface area contributed by atoms with Crippen molar-refractivity contribution in [2.45, 2.75) is 64.6 Å². The number of aromatic nitrogens is 2. The van der Waals surface area contributed by atoms with Gasteiger partial charge in [0.05, 0.1) is 17.7 Å². The standard InChI is InChI=1S/C25H30N4O3/c1-2-3-10-32-19-9-8-16-14-29(15-17(16)11-19)25(31)21-12-20-22(13-23(21)30)27-28-24(20)26-18-6-4-5-7-18/h8-9,11-13,18,30H,2-7,10,14-15H2,1H3,(H2,26,27,28). The van der Waals surface area contributed by atoms with E-state index >= 15 is 0 Å². The molecule has 0 saturated heterocycles. The van der Waals surface area contributed by atoms with Crippen LogP contribution in [0.25, 0.3) is 10.9 Å². The predicted molar refractivity (Wildman–Crippen MR) is 124 cm³/mol. The number of amides is 1. The number of anilines is 1. The third kappa shape index (κ3) is 3.99. The lowest BCUT2D eigenvalue weighted by atomic mass is 10.1. The maximum atomic E-state index is 13.3. The number of H-pyrrole nitrogens is 1. The Morgan fingerprint density at radius 2 is 2.03 bits per heavy atom. The molecule has 1 aliphatic carbocycles. The minimum absolute atomic E-state index is 0.0295.